The van der Waals surface area contributed by atoms with Gasteiger partial charge < -0.3 is 33.8 Å². The Morgan fingerprint density at radius 2 is 0.495 bits per heavy atom. The molecule has 3 N–H and O–H groups in total. The Balaban J connectivity index is 5.21. The molecule has 0 aliphatic carbocycles. The number of ether oxygens (including phenoxy) is 4. The van der Waals surface area contributed by atoms with Crippen molar-refractivity contribution in [2.45, 2.75) is 414 Å². The van der Waals surface area contributed by atoms with Gasteiger partial charge in [0.25, 0.3) is 0 Å². The molecule has 0 fully saturated rings. The van der Waals surface area contributed by atoms with Crippen molar-refractivity contribution in [3.8, 4) is 0 Å². The van der Waals surface area contributed by atoms with Gasteiger partial charge in [0.15, 0.2) is 12.2 Å². The molecule has 0 saturated heterocycles. The smallest absolute Gasteiger partial charge is 0.462 e. The molecule has 97 heavy (non-hydrogen) atoms. The van der Waals surface area contributed by atoms with Gasteiger partial charge in [0.1, 0.15) is 19.3 Å². The fourth-order valence-electron chi connectivity index (χ4n) is 11.8. The van der Waals surface area contributed by atoms with E-state index in [-0.39, 0.29) is 25.7 Å². The third kappa shape index (κ3) is 69.5. The number of rotatable bonds is 75. The van der Waals surface area contributed by atoms with Crippen LogP contribution in [0.3, 0.4) is 0 Å². The van der Waals surface area contributed by atoms with E-state index in [0.717, 1.165) is 114 Å². The molecule has 0 aliphatic rings. The summed E-state index contributed by atoms with van der Waals surface area (Å²) in [4.78, 5) is 72.9. The van der Waals surface area contributed by atoms with Crippen molar-refractivity contribution < 1.29 is 80.2 Å². The molecule has 0 saturated carbocycles. The molecule has 0 radical (unpaired) electrons. The molecular weight excluding hydrogens is 1270 g/mol. The number of aliphatic hydroxyl groups excluding tert-OH is 1. The van der Waals surface area contributed by atoms with Crippen LogP contribution in [0.5, 0.6) is 0 Å². The van der Waals surface area contributed by atoms with Crippen molar-refractivity contribution in [3.05, 3.63) is 0 Å². The zero-order valence-electron chi connectivity index (χ0n) is 63.7. The minimum Gasteiger partial charge on any atom is -0.462 e. The molecule has 17 nitrogen and oxygen atoms in total. The average Bonchev–Trinajstić information content (AvgIpc) is 1.74. The van der Waals surface area contributed by atoms with Crippen LogP contribution >= 0.6 is 15.6 Å². The third-order valence-corrected chi connectivity index (χ3v) is 20.7. The zero-order valence-corrected chi connectivity index (χ0v) is 65.5. The highest BCUT2D eigenvalue weighted by atomic mass is 31.2. The van der Waals surface area contributed by atoms with E-state index in [2.05, 4.69) is 55.4 Å². The van der Waals surface area contributed by atoms with Gasteiger partial charge in [-0.15, -0.1) is 0 Å². The van der Waals surface area contributed by atoms with Crippen LogP contribution in [0.4, 0.5) is 0 Å². The summed E-state index contributed by atoms with van der Waals surface area (Å²) in [5.41, 5.74) is 0. The molecular formula is C78H152O17P2. The Morgan fingerprint density at radius 3 is 0.732 bits per heavy atom. The predicted molar refractivity (Wildman–Crippen MR) is 395 cm³/mol. The van der Waals surface area contributed by atoms with Crippen LogP contribution in [0, 0.1) is 23.7 Å². The van der Waals surface area contributed by atoms with Crippen LogP contribution in [0.1, 0.15) is 396 Å². The predicted octanol–water partition coefficient (Wildman–Crippen LogP) is 22.8. The van der Waals surface area contributed by atoms with E-state index in [9.17, 15) is 43.2 Å². The molecule has 0 aromatic rings. The summed E-state index contributed by atoms with van der Waals surface area (Å²) >= 11 is 0. The van der Waals surface area contributed by atoms with Crippen LogP contribution in [0.2, 0.25) is 0 Å². The molecule has 0 aliphatic heterocycles. The molecule has 0 heterocycles. The Labute approximate surface area is 594 Å². The van der Waals surface area contributed by atoms with Crippen LogP contribution in [0.15, 0.2) is 0 Å². The number of aliphatic hydroxyl groups is 1. The maximum absolute atomic E-state index is 13.1. The quantitative estimate of drug-likeness (QED) is 0.0222. The molecule has 0 rings (SSSR count). The molecule has 576 valence electrons. The first-order chi connectivity index (χ1) is 46.7. The van der Waals surface area contributed by atoms with Crippen molar-refractivity contribution in [2.75, 3.05) is 39.6 Å². The number of carbonyl (C=O) groups is 4. The van der Waals surface area contributed by atoms with E-state index in [1.165, 1.54) is 193 Å². The highest BCUT2D eigenvalue weighted by Gasteiger charge is 2.30. The second-order valence-corrected chi connectivity index (χ2v) is 32.4. The fourth-order valence-corrected chi connectivity index (χ4v) is 13.4. The molecule has 0 aromatic heterocycles. The molecule has 7 atom stereocenters. The first-order valence-electron chi connectivity index (χ1n) is 40.3. The second-order valence-electron chi connectivity index (χ2n) is 29.5. The highest BCUT2D eigenvalue weighted by Crippen LogP contribution is 2.45. The van der Waals surface area contributed by atoms with Gasteiger partial charge in [-0.1, -0.05) is 344 Å². The highest BCUT2D eigenvalue weighted by molar-refractivity contribution is 7.47. The van der Waals surface area contributed by atoms with Crippen molar-refractivity contribution in [1.82, 2.24) is 0 Å². The van der Waals surface area contributed by atoms with Crippen LogP contribution in [0.25, 0.3) is 0 Å². The molecule has 0 spiro atoms. The Kier molecular flexibility index (Phi) is 65.9. The van der Waals surface area contributed by atoms with Gasteiger partial charge in [-0.3, -0.25) is 37.3 Å². The Morgan fingerprint density at radius 1 is 0.289 bits per heavy atom. The number of unbranched alkanes of at least 4 members (excludes halogenated alkanes) is 39. The summed E-state index contributed by atoms with van der Waals surface area (Å²) in [7, 11) is -9.92. The number of carbonyl (C=O) groups excluding carboxylic acids is 4. The average molecular weight is 1420 g/mol. The number of hydrogen-bond donors (Lipinski definition) is 3. The molecule has 0 amide bonds. The minimum absolute atomic E-state index is 0.106. The monoisotopic (exact) mass is 1420 g/mol. The van der Waals surface area contributed by atoms with Crippen LogP contribution in [-0.2, 0) is 65.4 Å². The largest absolute Gasteiger partial charge is 0.472 e. The van der Waals surface area contributed by atoms with Crippen molar-refractivity contribution in [1.29, 1.82) is 0 Å². The van der Waals surface area contributed by atoms with Gasteiger partial charge in [-0.2, -0.15) is 0 Å². The van der Waals surface area contributed by atoms with E-state index in [1.54, 1.807) is 0 Å². The van der Waals surface area contributed by atoms with E-state index in [1.807, 2.05) is 0 Å². The maximum Gasteiger partial charge on any atom is 0.472 e. The lowest BCUT2D eigenvalue weighted by Crippen LogP contribution is -2.30. The van der Waals surface area contributed by atoms with Crippen LogP contribution in [-0.4, -0.2) is 96.7 Å². The second kappa shape index (κ2) is 67.2. The van der Waals surface area contributed by atoms with Gasteiger partial charge in [0.05, 0.1) is 26.4 Å². The lowest BCUT2D eigenvalue weighted by molar-refractivity contribution is -0.161. The van der Waals surface area contributed by atoms with Gasteiger partial charge in [-0.05, 0) is 49.4 Å². The summed E-state index contributed by atoms with van der Waals surface area (Å²) in [5.74, 6) is 0.985. The van der Waals surface area contributed by atoms with E-state index in [4.69, 9.17) is 37.0 Å². The lowest BCUT2D eigenvalue weighted by Gasteiger charge is -2.21. The van der Waals surface area contributed by atoms with Crippen LogP contribution < -0.4 is 0 Å². The Bertz CT molecular complexity index is 1910. The number of esters is 4. The Hall–Kier alpha value is -1.94. The van der Waals surface area contributed by atoms with E-state index in [0.29, 0.717) is 31.6 Å². The van der Waals surface area contributed by atoms with Crippen molar-refractivity contribution in [2.24, 2.45) is 23.7 Å². The first kappa shape index (κ1) is 95.1. The van der Waals surface area contributed by atoms with Gasteiger partial charge in [-0.25, -0.2) is 9.13 Å². The number of phosphoric ester groups is 2. The van der Waals surface area contributed by atoms with Gasteiger partial charge in [0.2, 0.25) is 0 Å². The SMILES string of the molecule is CCC(C)CCCCCCCCCCCCCCCCC(=O)O[C@H](COC(=O)CCCCCCCCCCC(C)CC)COP(=O)(O)OCC(O)COP(=O)(O)OC[C@@H](COC(=O)CCCCCCCCC(C)C)OC(=O)CCCCCCCCCCCCCCCCCC(C)C. The van der Waals surface area contributed by atoms with Crippen molar-refractivity contribution >= 4 is 39.5 Å². The number of phosphoric acid groups is 2. The molecule has 5 unspecified atom stereocenters. The minimum atomic E-state index is -4.96. The fraction of sp³-hybridized carbons (Fsp3) is 0.949. The number of hydrogen-bond acceptors (Lipinski definition) is 15. The normalized spacial score (nSPS) is 14.6. The summed E-state index contributed by atoms with van der Waals surface area (Å²) < 4.78 is 68.6. The molecule has 0 aromatic carbocycles. The van der Waals surface area contributed by atoms with Crippen molar-refractivity contribution in [3.63, 3.8) is 0 Å². The summed E-state index contributed by atoms with van der Waals surface area (Å²) in [5, 5.41) is 10.6. The molecule has 19 heteroatoms. The van der Waals surface area contributed by atoms with Gasteiger partial charge in [0, 0.05) is 25.7 Å². The third-order valence-electron chi connectivity index (χ3n) is 18.8. The van der Waals surface area contributed by atoms with Gasteiger partial charge >= 0.3 is 39.5 Å². The summed E-state index contributed by atoms with van der Waals surface area (Å²) in [6.45, 7) is 14.2. The van der Waals surface area contributed by atoms with E-state index < -0.39 is 97.5 Å². The van der Waals surface area contributed by atoms with E-state index >= 15 is 0 Å². The summed E-state index contributed by atoms with van der Waals surface area (Å²) in [6, 6.07) is 0. The first-order valence-corrected chi connectivity index (χ1v) is 43.3. The summed E-state index contributed by atoms with van der Waals surface area (Å²) in [6.07, 6.45) is 52.8. The topological polar surface area (TPSA) is 237 Å². The lowest BCUT2D eigenvalue weighted by atomic mass is 9.99. The standard InChI is InChI=1S/C78H152O17P2/c1-9-70(7)56-48-40-31-25-21-17-14-15-19-23-27-35-45-53-60-77(82)94-73(64-88-75(80)58-50-42-33-29-28-32-41-49-57-71(8)10-2)66-92-96(84,85)90-62-72(79)63-91-97(86,87)93-67-74(65-89-76(81)59-51-43-37-36-39-47-55-69(5)6)95-78(83)61-52-44-34-26-22-18-13-11-12-16-20-24-30-38-46-54-68(3)4/h68-74,79H,9-67H2,1-8H3,(H,84,85)(H,86,87)/t70?,71?,72?,73-,74-/m1/s1. The maximum atomic E-state index is 13.1. The zero-order chi connectivity index (χ0) is 71.7. The molecule has 0 bridgehead atoms.